The molecule has 1 aliphatic heterocycles. The molecule has 1 heteroatoms. The number of likely N-dealkylation sites (tertiary alicyclic amines) is 1. The standard InChI is InChI=1S/C14H21N/c1-8-2-3-11(8)15-12-6-10-9-4-5-14(9,10)7-13(12)15/h8-13H,2-7H2,1H3. The lowest BCUT2D eigenvalue weighted by Gasteiger charge is -2.36. The molecule has 5 fully saturated rings. The molecule has 1 spiro atoms. The van der Waals surface area contributed by atoms with Crippen LogP contribution in [-0.4, -0.2) is 23.0 Å². The van der Waals surface area contributed by atoms with Crippen LogP contribution in [0.3, 0.4) is 0 Å². The maximum Gasteiger partial charge on any atom is 0.0264 e. The summed E-state index contributed by atoms with van der Waals surface area (Å²) in [4.78, 5) is 2.92. The zero-order valence-electron chi connectivity index (χ0n) is 9.65. The predicted octanol–water partition coefficient (Wildman–Crippen LogP) is 2.66. The van der Waals surface area contributed by atoms with E-state index in [2.05, 4.69) is 11.8 Å². The van der Waals surface area contributed by atoms with Crippen LogP contribution in [0.15, 0.2) is 0 Å². The van der Waals surface area contributed by atoms with Crippen LogP contribution in [0.5, 0.6) is 0 Å². The highest BCUT2D eigenvalue weighted by Crippen LogP contribution is 2.80. The average Bonchev–Trinajstić information content (AvgIpc) is 2.98. The summed E-state index contributed by atoms with van der Waals surface area (Å²) in [6.07, 6.45) is 9.39. The highest BCUT2D eigenvalue weighted by Gasteiger charge is 2.77. The Balaban J connectivity index is 1.37. The van der Waals surface area contributed by atoms with Gasteiger partial charge in [0.15, 0.2) is 0 Å². The van der Waals surface area contributed by atoms with Crippen molar-refractivity contribution >= 4 is 0 Å². The Bertz CT molecular complexity index is 338. The van der Waals surface area contributed by atoms with E-state index in [-0.39, 0.29) is 0 Å². The van der Waals surface area contributed by atoms with Gasteiger partial charge in [0, 0.05) is 18.1 Å². The molecular weight excluding hydrogens is 182 g/mol. The summed E-state index contributed by atoms with van der Waals surface area (Å²) in [5, 5.41) is 0. The van der Waals surface area contributed by atoms with Gasteiger partial charge in [0.2, 0.25) is 0 Å². The fourth-order valence-corrected chi connectivity index (χ4v) is 5.65. The number of fused-ring (bicyclic) bond motifs is 2. The molecule has 82 valence electrons. The van der Waals surface area contributed by atoms with Gasteiger partial charge in [-0.3, -0.25) is 4.90 Å². The minimum atomic E-state index is 0.933. The van der Waals surface area contributed by atoms with Crippen molar-refractivity contribution in [2.75, 3.05) is 0 Å². The quantitative estimate of drug-likeness (QED) is 0.592. The number of hydrogen-bond acceptors (Lipinski definition) is 1. The molecule has 0 radical (unpaired) electrons. The van der Waals surface area contributed by atoms with E-state index >= 15 is 0 Å². The molecule has 15 heavy (non-hydrogen) atoms. The molecule has 1 heterocycles. The number of rotatable bonds is 1. The molecule has 8 atom stereocenters. The minimum Gasteiger partial charge on any atom is -0.291 e. The van der Waals surface area contributed by atoms with E-state index in [1.807, 2.05) is 0 Å². The molecule has 4 saturated carbocycles. The van der Waals surface area contributed by atoms with Crippen molar-refractivity contribution in [3.8, 4) is 0 Å². The fourth-order valence-electron chi connectivity index (χ4n) is 5.65. The molecule has 1 saturated heterocycles. The summed E-state index contributed by atoms with van der Waals surface area (Å²) in [7, 11) is 0. The summed E-state index contributed by atoms with van der Waals surface area (Å²) >= 11 is 0. The first kappa shape index (κ1) is 8.11. The second-order valence-corrected chi connectivity index (χ2v) is 7.13. The first-order chi connectivity index (χ1) is 7.31. The highest BCUT2D eigenvalue weighted by atomic mass is 15.4. The topological polar surface area (TPSA) is 3.01 Å². The van der Waals surface area contributed by atoms with Crippen LogP contribution in [0.25, 0.3) is 0 Å². The van der Waals surface area contributed by atoms with E-state index in [0.717, 1.165) is 29.5 Å². The number of hydrogen-bond donors (Lipinski definition) is 0. The molecule has 0 bridgehead atoms. The third-order valence-electron chi connectivity index (χ3n) is 6.94. The van der Waals surface area contributed by atoms with Crippen molar-refractivity contribution in [2.45, 2.75) is 63.6 Å². The van der Waals surface area contributed by atoms with Gasteiger partial charge in [0.1, 0.15) is 0 Å². The SMILES string of the molecule is CC1CCC1N1C2CC3C4CCC43CC21. The van der Waals surface area contributed by atoms with Gasteiger partial charge < -0.3 is 0 Å². The van der Waals surface area contributed by atoms with Gasteiger partial charge in [-0.15, -0.1) is 0 Å². The molecule has 0 amide bonds. The monoisotopic (exact) mass is 203 g/mol. The summed E-state index contributed by atoms with van der Waals surface area (Å²) in [6.45, 7) is 2.46. The van der Waals surface area contributed by atoms with Crippen molar-refractivity contribution in [2.24, 2.45) is 23.2 Å². The Hall–Kier alpha value is -0.0400. The van der Waals surface area contributed by atoms with E-state index in [0.29, 0.717) is 0 Å². The molecule has 8 unspecified atom stereocenters. The molecule has 4 aliphatic carbocycles. The first-order valence-corrected chi connectivity index (χ1v) is 7.09. The van der Waals surface area contributed by atoms with Crippen molar-refractivity contribution in [1.82, 2.24) is 4.90 Å². The van der Waals surface area contributed by atoms with Crippen LogP contribution in [0.4, 0.5) is 0 Å². The molecule has 0 N–H and O–H groups in total. The highest BCUT2D eigenvalue weighted by molar-refractivity contribution is 5.28. The molecule has 0 aromatic heterocycles. The summed E-state index contributed by atoms with van der Waals surface area (Å²) in [6, 6.07) is 3.12. The van der Waals surface area contributed by atoms with Crippen molar-refractivity contribution in [3.05, 3.63) is 0 Å². The minimum absolute atomic E-state index is 0.933. The lowest BCUT2D eigenvalue weighted by molar-refractivity contribution is 0.142. The van der Waals surface area contributed by atoms with Crippen LogP contribution in [-0.2, 0) is 0 Å². The van der Waals surface area contributed by atoms with Gasteiger partial charge in [-0.1, -0.05) is 6.92 Å². The Morgan fingerprint density at radius 2 is 1.93 bits per heavy atom. The molecule has 5 rings (SSSR count). The maximum absolute atomic E-state index is 2.92. The van der Waals surface area contributed by atoms with E-state index in [1.54, 1.807) is 25.7 Å². The molecule has 1 nitrogen and oxygen atoms in total. The molecule has 0 aromatic carbocycles. The van der Waals surface area contributed by atoms with Crippen LogP contribution >= 0.6 is 0 Å². The Morgan fingerprint density at radius 3 is 2.53 bits per heavy atom. The zero-order valence-corrected chi connectivity index (χ0v) is 9.65. The Labute approximate surface area is 92.2 Å². The molecule has 0 aromatic rings. The van der Waals surface area contributed by atoms with E-state index < -0.39 is 0 Å². The summed E-state index contributed by atoms with van der Waals surface area (Å²) < 4.78 is 0. The largest absolute Gasteiger partial charge is 0.291 e. The predicted molar refractivity (Wildman–Crippen MR) is 59.5 cm³/mol. The summed E-state index contributed by atoms with van der Waals surface area (Å²) in [5.74, 6) is 3.42. The van der Waals surface area contributed by atoms with Crippen LogP contribution in [0, 0.1) is 23.2 Å². The second kappa shape index (κ2) is 2.16. The normalized spacial score (nSPS) is 73.0. The Morgan fingerprint density at radius 1 is 1.00 bits per heavy atom. The smallest absolute Gasteiger partial charge is 0.0264 e. The van der Waals surface area contributed by atoms with E-state index in [4.69, 9.17) is 0 Å². The molecule has 5 aliphatic rings. The summed E-state index contributed by atoms with van der Waals surface area (Å²) in [5.41, 5.74) is 0.933. The van der Waals surface area contributed by atoms with Crippen molar-refractivity contribution in [3.63, 3.8) is 0 Å². The zero-order chi connectivity index (χ0) is 9.78. The Kier molecular flexibility index (Phi) is 1.17. The van der Waals surface area contributed by atoms with Crippen molar-refractivity contribution in [1.29, 1.82) is 0 Å². The molecular formula is C14H21N. The van der Waals surface area contributed by atoms with Gasteiger partial charge in [-0.2, -0.15) is 0 Å². The van der Waals surface area contributed by atoms with Crippen molar-refractivity contribution < 1.29 is 0 Å². The van der Waals surface area contributed by atoms with Gasteiger partial charge in [0.05, 0.1) is 0 Å². The maximum atomic E-state index is 2.92. The fraction of sp³-hybridized carbons (Fsp3) is 1.00. The van der Waals surface area contributed by atoms with Gasteiger partial charge >= 0.3 is 0 Å². The lowest BCUT2D eigenvalue weighted by atomic mass is 9.78. The number of nitrogens with zero attached hydrogens (tertiary/aromatic N) is 1. The van der Waals surface area contributed by atoms with Gasteiger partial charge in [0.25, 0.3) is 0 Å². The van der Waals surface area contributed by atoms with Gasteiger partial charge in [-0.05, 0) is 61.7 Å². The third-order valence-corrected chi connectivity index (χ3v) is 6.94. The second-order valence-electron chi connectivity index (χ2n) is 7.13. The third kappa shape index (κ3) is 0.740. The van der Waals surface area contributed by atoms with Crippen LogP contribution in [0.1, 0.15) is 45.4 Å². The van der Waals surface area contributed by atoms with Crippen LogP contribution in [0.2, 0.25) is 0 Å². The van der Waals surface area contributed by atoms with E-state index in [1.165, 1.54) is 24.7 Å². The first-order valence-electron chi connectivity index (χ1n) is 7.09. The lowest BCUT2D eigenvalue weighted by Crippen LogP contribution is -2.38. The average molecular weight is 203 g/mol. The van der Waals surface area contributed by atoms with Gasteiger partial charge in [-0.25, -0.2) is 0 Å². The van der Waals surface area contributed by atoms with Crippen LogP contribution < -0.4 is 0 Å². The van der Waals surface area contributed by atoms with E-state index in [9.17, 15) is 0 Å².